The van der Waals surface area contributed by atoms with Gasteiger partial charge in [0.15, 0.2) is 0 Å². The van der Waals surface area contributed by atoms with Gasteiger partial charge >= 0.3 is 0 Å². The largest absolute Gasteiger partial charge is 0.494 e. The number of halogens is 1. The number of hydrogen-bond acceptors (Lipinski definition) is 4. The Labute approximate surface area is 192 Å². The lowest BCUT2D eigenvalue weighted by atomic mass is 10.0. The quantitative estimate of drug-likeness (QED) is 0.489. The van der Waals surface area contributed by atoms with Gasteiger partial charge in [-0.1, -0.05) is 41.9 Å². The highest BCUT2D eigenvalue weighted by Gasteiger charge is 2.40. The van der Waals surface area contributed by atoms with E-state index in [9.17, 15) is 9.59 Å². The third-order valence-corrected chi connectivity index (χ3v) is 5.49. The zero-order valence-electron chi connectivity index (χ0n) is 18.1. The van der Waals surface area contributed by atoms with Crippen molar-refractivity contribution in [3.63, 3.8) is 0 Å². The van der Waals surface area contributed by atoms with Crippen LogP contribution >= 0.6 is 11.6 Å². The first-order valence-electron chi connectivity index (χ1n) is 10.3. The third-order valence-electron chi connectivity index (χ3n) is 5.26. The molecular weight excluding hydrogens is 424 g/mol. The Morgan fingerprint density at radius 1 is 0.938 bits per heavy atom. The SMILES string of the molecule is CCOc1ccc(C2=C(Nc3cc(C)ccc3C)C(=O)N(c3cccc(Cl)c3)C2=O)cc1. The fourth-order valence-electron chi connectivity index (χ4n) is 3.65. The van der Waals surface area contributed by atoms with E-state index in [0.717, 1.165) is 21.7 Å². The first-order valence-corrected chi connectivity index (χ1v) is 10.7. The van der Waals surface area contributed by atoms with Gasteiger partial charge in [-0.3, -0.25) is 9.59 Å². The third kappa shape index (κ3) is 4.12. The summed E-state index contributed by atoms with van der Waals surface area (Å²) >= 11 is 6.13. The minimum absolute atomic E-state index is 0.229. The van der Waals surface area contributed by atoms with Gasteiger partial charge in [0.1, 0.15) is 11.4 Å². The van der Waals surface area contributed by atoms with Crippen molar-refractivity contribution in [2.75, 3.05) is 16.8 Å². The number of nitrogens with one attached hydrogen (secondary N) is 1. The predicted molar refractivity (Wildman–Crippen MR) is 128 cm³/mol. The number of imide groups is 1. The summed E-state index contributed by atoms with van der Waals surface area (Å²) < 4.78 is 5.52. The predicted octanol–water partition coefficient (Wildman–Crippen LogP) is 5.75. The van der Waals surface area contributed by atoms with Gasteiger partial charge in [-0.05, 0) is 73.9 Å². The van der Waals surface area contributed by atoms with Crippen molar-refractivity contribution in [2.45, 2.75) is 20.8 Å². The molecule has 1 heterocycles. The summed E-state index contributed by atoms with van der Waals surface area (Å²) in [4.78, 5) is 28.2. The second-order valence-corrected chi connectivity index (χ2v) is 8.01. The summed E-state index contributed by atoms with van der Waals surface area (Å²) in [6.45, 7) is 6.38. The normalized spacial score (nSPS) is 13.7. The summed E-state index contributed by atoms with van der Waals surface area (Å²) in [6, 6.07) is 19.8. The molecule has 0 bridgehead atoms. The van der Waals surface area contributed by atoms with Crippen LogP contribution in [0, 0.1) is 13.8 Å². The minimum atomic E-state index is -0.429. The van der Waals surface area contributed by atoms with E-state index in [4.69, 9.17) is 16.3 Å². The summed E-state index contributed by atoms with van der Waals surface area (Å²) in [5.74, 6) is -0.138. The van der Waals surface area contributed by atoms with Gasteiger partial charge in [0, 0.05) is 10.7 Å². The summed E-state index contributed by atoms with van der Waals surface area (Å²) in [7, 11) is 0. The molecule has 0 spiro atoms. The van der Waals surface area contributed by atoms with Crippen LogP contribution in [0.15, 0.2) is 72.4 Å². The zero-order valence-corrected chi connectivity index (χ0v) is 18.9. The molecule has 32 heavy (non-hydrogen) atoms. The fraction of sp³-hybridized carbons (Fsp3) is 0.154. The zero-order chi connectivity index (χ0) is 22.8. The molecule has 3 aromatic carbocycles. The lowest BCUT2D eigenvalue weighted by Crippen LogP contribution is -2.32. The number of aryl methyl sites for hydroxylation is 2. The van der Waals surface area contributed by atoms with Gasteiger partial charge in [-0.2, -0.15) is 0 Å². The molecule has 0 unspecified atom stereocenters. The first kappa shape index (κ1) is 21.7. The van der Waals surface area contributed by atoms with Gasteiger partial charge in [-0.15, -0.1) is 0 Å². The van der Waals surface area contributed by atoms with Crippen LogP contribution in [0.4, 0.5) is 11.4 Å². The van der Waals surface area contributed by atoms with E-state index in [1.165, 1.54) is 0 Å². The van der Waals surface area contributed by atoms with E-state index in [0.29, 0.717) is 34.2 Å². The van der Waals surface area contributed by atoms with Crippen LogP contribution < -0.4 is 15.0 Å². The fourth-order valence-corrected chi connectivity index (χ4v) is 3.84. The van der Waals surface area contributed by atoms with E-state index in [2.05, 4.69) is 5.32 Å². The molecule has 1 N–H and O–H groups in total. The molecule has 0 radical (unpaired) electrons. The standard InChI is InChI=1S/C26H23ClN2O3/c1-4-32-21-12-10-18(11-13-21)23-24(28-22-14-16(2)8-9-17(22)3)26(31)29(25(23)30)20-7-5-6-19(27)15-20/h5-15,28H,4H2,1-3H3. The average Bonchev–Trinajstić information content (AvgIpc) is 3.01. The molecule has 0 aliphatic carbocycles. The number of benzene rings is 3. The van der Waals surface area contributed by atoms with Crippen LogP contribution in [0.1, 0.15) is 23.6 Å². The van der Waals surface area contributed by atoms with Crippen molar-refractivity contribution < 1.29 is 14.3 Å². The van der Waals surface area contributed by atoms with Crippen molar-refractivity contribution in [3.05, 3.63) is 94.1 Å². The Balaban J connectivity index is 1.82. The van der Waals surface area contributed by atoms with E-state index in [-0.39, 0.29) is 5.70 Å². The van der Waals surface area contributed by atoms with Crippen molar-refractivity contribution >= 4 is 40.4 Å². The van der Waals surface area contributed by atoms with Crippen molar-refractivity contribution in [1.29, 1.82) is 0 Å². The maximum atomic E-state index is 13.5. The van der Waals surface area contributed by atoms with Gasteiger partial charge < -0.3 is 10.1 Å². The molecule has 1 aliphatic heterocycles. The van der Waals surface area contributed by atoms with E-state index >= 15 is 0 Å². The second kappa shape index (κ2) is 8.89. The number of rotatable bonds is 6. The van der Waals surface area contributed by atoms with Crippen molar-refractivity contribution in [2.24, 2.45) is 0 Å². The molecule has 2 amide bonds. The number of amides is 2. The molecule has 3 aromatic rings. The van der Waals surface area contributed by atoms with Crippen LogP contribution in [0.5, 0.6) is 5.75 Å². The molecule has 4 rings (SSSR count). The Bertz CT molecular complexity index is 1230. The number of ether oxygens (including phenoxy) is 1. The second-order valence-electron chi connectivity index (χ2n) is 7.58. The maximum absolute atomic E-state index is 13.5. The molecule has 0 saturated heterocycles. The Hall–Kier alpha value is -3.57. The summed E-state index contributed by atoms with van der Waals surface area (Å²) in [5.41, 5.74) is 4.38. The van der Waals surface area contributed by atoms with Crippen molar-refractivity contribution in [3.8, 4) is 5.75 Å². The van der Waals surface area contributed by atoms with Gasteiger partial charge in [0.25, 0.3) is 11.8 Å². The summed E-state index contributed by atoms with van der Waals surface area (Å²) in [6.07, 6.45) is 0. The Morgan fingerprint density at radius 2 is 1.69 bits per heavy atom. The van der Waals surface area contributed by atoms with E-state index in [1.807, 2.05) is 39.0 Å². The summed E-state index contributed by atoms with van der Waals surface area (Å²) in [5, 5.41) is 3.68. The molecule has 0 aromatic heterocycles. The highest BCUT2D eigenvalue weighted by Crippen LogP contribution is 2.35. The molecule has 5 nitrogen and oxygen atoms in total. The Morgan fingerprint density at radius 3 is 2.38 bits per heavy atom. The van der Waals surface area contributed by atoms with Gasteiger partial charge in [0.2, 0.25) is 0 Å². The van der Waals surface area contributed by atoms with Crippen LogP contribution in [0.25, 0.3) is 5.57 Å². The van der Waals surface area contributed by atoms with Crippen molar-refractivity contribution in [1.82, 2.24) is 0 Å². The average molecular weight is 447 g/mol. The van der Waals surface area contributed by atoms with E-state index in [1.54, 1.807) is 48.5 Å². The highest BCUT2D eigenvalue weighted by atomic mass is 35.5. The number of nitrogens with zero attached hydrogens (tertiary/aromatic N) is 1. The number of carbonyl (C=O) groups excluding carboxylic acids is 2. The smallest absolute Gasteiger partial charge is 0.282 e. The number of carbonyl (C=O) groups is 2. The van der Waals surface area contributed by atoms with Crippen LogP contribution in [0.2, 0.25) is 5.02 Å². The number of anilines is 2. The molecule has 0 atom stereocenters. The van der Waals surface area contributed by atoms with E-state index < -0.39 is 11.8 Å². The minimum Gasteiger partial charge on any atom is -0.494 e. The lowest BCUT2D eigenvalue weighted by Gasteiger charge is -2.16. The number of hydrogen-bond donors (Lipinski definition) is 1. The van der Waals surface area contributed by atoms with Crippen LogP contribution in [0.3, 0.4) is 0 Å². The van der Waals surface area contributed by atoms with Gasteiger partial charge in [-0.25, -0.2) is 4.90 Å². The lowest BCUT2D eigenvalue weighted by molar-refractivity contribution is -0.120. The first-order chi connectivity index (χ1) is 15.4. The van der Waals surface area contributed by atoms with Crippen LogP contribution in [-0.2, 0) is 9.59 Å². The molecule has 0 saturated carbocycles. The topological polar surface area (TPSA) is 58.6 Å². The molecular formula is C26H23ClN2O3. The van der Waals surface area contributed by atoms with Crippen LogP contribution in [-0.4, -0.2) is 18.4 Å². The Kier molecular flexibility index (Phi) is 6.01. The molecule has 6 heteroatoms. The molecule has 1 aliphatic rings. The van der Waals surface area contributed by atoms with Gasteiger partial charge in [0.05, 0.1) is 17.9 Å². The highest BCUT2D eigenvalue weighted by molar-refractivity contribution is 6.46. The monoisotopic (exact) mass is 446 g/mol. The molecule has 162 valence electrons. The maximum Gasteiger partial charge on any atom is 0.282 e. The molecule has 0 fully saturated rings.